The first-order valence-corrected chi connectivity index (χ1v) is 8.40. The second kappa shape index (κ2) is 6.83. The average molecular weight is 321 g/mol. The molecular weight excluding hydrogens is 305 g/mol. The molecule has 7 heteroatoms. The molecule has 0 aromatic heterocycles. The molecule has 0 fully saturated rings. The Labute approximate surface area is 128 Å². The molecule has 0 saturated heterocycles. The Morgan fingerprint density at radius 3 is 2.27 bits per heavy atom. The summed E-state index contributed by atoms with van der Waals surface area (Å²) >= 11 is 0. The number of nitrogens with zero attached hydrogens (tertiary/aromatic N) is 1. The van der Waals surface area contributed by atoms with E-state index in [2.05, 4.69) is 0 Å². The van der Waals surface area contributed by atoms with Crippen LogP contribution in [0.1, 0.15) is 18.3 Å². The maximum atomic E-state index is 13.1. The highest BCUT2D eigenvalue weighted by Crippen LogP contribution is 2.57. The monoisotopic (exact) mass is 321 g/mol. The molecule has 0 radical (unpaired) electrons. The van der Waals surface area contributed by atoms with E-state index in [1.165, 1.54) is 24.3 Å². The van der Waals surface area contributed by atoms with Gasteiger partial charge in [0, 0.05) is 17.4 Å². The second-order valence-corrected chi connectivity index (χ2v) is 7.03. The summed E-state index contributed by atoms with van der Waals surface area (Å²) in [6.07, 6.45) is 0. The Bertz CT molecular complexity index is 687. The van der Waals surface area contributed by atoms with Gasteiger partial charge in [-0.25, -0.2) is 0 Å². The van der Waals surface area contributed by atoms with Crippen LogP contribution in [0, 0.1) is 10.1 Å². The van der Waals surface area contributed by atoms with Crippen LogP contribution in [0.3, 0.4) is 0 Å². The number of non-ortho nitro benzene ring substituents is 1. The molecule has 0 aliphatic heterocycles. The zero-order chi connectivity index (χ0) is 16.2. The van der Waals surface area contributed by atoms with Crippen molar-refractivity contribution in [1.29, 1.82) is 0 Å². The zero-order valence-electron chi connectivity index (χ0n) is 12.0. The topological polar surface area (TPSA) is 89.7 Å². The third-order valence-electron chi connectivity index (χ3n) is 3.16. The second-order valence-electron chi connectivity index (χ2n) is 4.57. The summed E-state index contributed by atoms with van der Waals surface area (Å²) in [4.78, 5) is 10.1. The summed E-state index contributed by atoms with van der Waals surface area (Å²) in [5.41, 5.74) is 0.216. The number of benzene rings is 2. The van der Waals surface area contributed by atoms with E-state index < -0.39 is 18.1 Å². The summed E-state index contributed by atoms with van der Waals surface area (Å²) in [5, 5.41) is 21.6. The highest BCUT2D eigenvalue weighted by Gasteiger charge is 2.36. The first-order valence-electron chi connectivity index (χ1n) is 6.71. The zero-order valence-corrected chi connectivity index (χ0v) is 12.8. The summed E-state index contributed by atoms with van der Waals surface area (Å²) in [5.74, 6) is -1.38. The van der Waals surface area contributed by atoms with Crippen molar-refractivity contribution < 1.29 is 19.1 Å². The Morgan fingerprint density at radius 2 is 1.77 bits per heavy atom. The Hall–Kier alpha value is -2.01. The van der Waals surface area contributed by atoms with E-state index >= 15 is 0 Å². The quantitative estimate of drug-likeness (QED) is 0.501. The van der Waals surface area contributed by atoms with Crippen LogP contribution in [0.4, 0.5) is 5.69 Å². The molecule has 0 spiro atoms. The van der Waals surface area contributed by atoms with Gasteiger partial charge in [0.1, 0.15) is 0 Å². The lowest BCUT2D eigenvalue weighted by molar-refractivity contribution is -0.384. The van der Waals surface area contributed by atoms with Crippen molar-refractivity contribution >= 4 is 18.4 Å². The van der Waals surface area contributed by atoms with Crippen LogP contribution < -0.4 is 5.30 Å². The molecule has 0 aliphatic carbocycles. The van der Waals surface area contributed by atoms with Gasteiger partial charge in [0.2, 0.25) is 0 Å². The molecule has 2 aromatic carbocycles. The molecule has 1 N–H and O–H groups in total. The molecular formula is C15H16NO5P. The SMILES string of the molecule is CCO[P@](=O)(c1ccccc1)[C@@H](O)c1ccc([N+](=O)[O-])cc1. The Morgan fingerprint density at radius 1 is 1.18 bits per heavy atom. The Balaban J connectivity index is 2.40. The fourth-order valence-electron chi connectivity index (χ4n) is 2.08. The summed E-state index contributed by atoms with van der Waals surface area (Å²) in [6.45, 7) is 1.87. The van der Waals surface area contributed by atoms with Crippen molar-refractivity contribution in [2.45, 2.75) is 12.8 Å². The molecule has 2 rings (SSSR count). The molecule has 0 amide bonds. The van der Waals surface area contributed by atoms with Crippen LogP contribution in [-0.4, -0.2) is 16.6 Å². The van der Waals surface area contributed by atoms with Crippen molar-refractivity contribution in [2.75, 3.05) is 6.61 Å². The molecule has 116 valence electrons. The number of hydrogen-bond donors (Lipinski definition) is 1. The Kier molecular flexibility index (Phi) is 5.08. The van der Waals surface area contributed by atoms with Gasteiger partial charge in [-0.1, -0.05) is 18.2 Å². The first kappa shape index (κ1) is 16.4. The summed E-state index contributed by atoms with van der Waals surface area (Å²) in [7, 11) is -3.54. The standard InChI is InChI=1S/C15H16NO5P/c1-2-21-22(20,14-6-4-3-5-7-14)15(17)12-8-10-13(11-9-12)16(18)19/h3-11,15,17H,2H2,1H3/t15-,22-/m1/s1. The number of nitro groups is 1. The summed E-state index contributed by atoms with van der Waals surface area (Å²) < 4.78 is 18.5. The average Bonchev–Trinajstić information content (AvgIpc) is 2.55. The van der Waals surface area contributed by atoms with Crippen LogP contribution >= 0.6 is 7.37 Å². The lowest BCUT2D eigenvalue weighted by Crippen LogP contribution is -2.14. The van der Waals surface area contributed by atoms with Gasteiger partial charge in [-0.3, -0.25) is 14.7 Å². The minimum Gasteiger partial charge on any atom is -0.378 e. The molecule has 0 aliphatic rings. The molecule has 6 nitrogen and oxygen atoms in total. The minimum absolute atomic E-state index is 0.0955. The lowest BCUT2D eigenvalue weighted by Gasteiger charge is -2.23. The number of aliphatic hydroxyl groups is 1. The number of hydrogen-bond acceptors (Lipinski definition) is 5. The predicted molar refractivity (Wildman–Crippen MR) is 83.4 cm³/mol. The van der Waals surface area contributed by atoms with E-state index in [9.17, 15) is 19.8 Å². The largest absolute Gasteiger partial charge is 0.378 e. The molecule has 2 aromatic rings. The molecule has 0 heterocycles. The van der Waals surface area contributed by atoms with Crippen LogP contribution in [0.5, 0.6) is 0 Å². The van der Waals surface area contributed by atoms with Gasteiger partial charge in [0.25, 0.3) is 13.1 Å². The van der Waals surface area contributed by atoms with Crippen molar-refractivity contribution in [1.82, 2.24) is 0 Å². The van der Waals surface area contributed by atoms with E-state index in [1.54, 1.807) is 37.3 Å². The molecule has 22 heavy (non-hydrogen) atoms. The minimum atomic E-state index is -3.54. The molecule has 2 atom stereocenters. The van der Waals surface area contributed by atoms with Crippen molar-refractivity contribution in [3.05, 3.63) is 70.3 Å². The first-order chi connectivity index (χ1) is 10.5. The van der Waals surface area contributed by atoms with Crippen molar-refractivity contribution in [3.8, 4) is 0 Å². The number of aliphatic hydroxyl groups excluding tert-OH is 1. The van der Waals surface area contributed by atoms with Crippen molar-refractivity contribution in [3.63, 3.8) is 0 Å². The van der Waals surface area contributed by atoms with Crippen molar-refractivity contribution in [2.24, 2.45) is 0 Å². The van der Waals surface area contributed by atoms with E-state index in [0.29, 0.717) is 10.9 Å². The van der Waals surface area contributed by atoms with E-state index in [1.807, 2.05) is 0 Å². The molecule has 0 saturated carbocycles. The molecule has 0 bridgehead atoms. The van der Waals surface area contributed by atoms with Gasteiger partial charge in [-0.15, -0.1) is 0 Å². The number of rotatable bonds is 6. The number of nitro benzene ring substituents is 1. The van der Waals surface area contributed by atoms with Crippen LogP contribution in [0.15, 0.2) is 54.6 Å². The normalized spacial score (nSPS) is 15.0. The highest BCUT2D eigenvalue weighted by molar-refractivity contribution is 7.67. The maximum absolute atomic E-state index is 13.1. The van der Waals surface area contributed by atoms with Gasteiger partial charge >= 0.3 is 0 Å². The molecule has 0 unspecified atom stereocenters. The van der Waals surface area contributed by atoms with Crippen LogP contribution in [0.25, 0.3) is 0 Å². The van der Waals surface area contributed by atoms with E-state index in [0.717, 1.165) is 0 Å². The smallest absolute Gasteiger partial charge is 0.269 e. The van der Waals surface area contributed by atoms with Crippen LogP contribution in [-0.2, 0) is 9.09 Å². The fourth-order valence-corrected chi connectivity index (χ4v) is 4.19. The van der Waals surface area contributed by atoms with Gasteiger partial charge in [0.15, 0.2) is 5.85 Å². The van der Waals surface area contributed by atoms with Gasteiger partial charge in [-0.05, 0) is 36.8 Å². The van der Waals surface area contributed by atoms with Crippen LogP contribution in [0.2, 0.25) is 0 Å². The van der Waals surface area contributed by atoms with E-state index in [4.69, 9.17) is 4.52 Å². The van der Waals surface area contributed by atoms with Gasteiger partial charge in [-0.2, -0.15) is 0 Å². The predicted octanol–water partition coefficient (Wildman–Crippen LogP) is 3.23. The lowest BCUT2D eigenvalue weighted by atomic mass is 10.2. The third kappa shape index (κ3) is 3.25. The van der Waals surface area contributed by atoms with Gasteiger partial charge in [0.05, 0.1) is 11.5 Å². The summed E-state index contributed by atoms with van der Waals surface area (Å²) in [6, 6.07) is 13.8. The van der Waals surface area contributed by atoms with E-state index in [-0.39, 0.29) is 12.3 Å². The third-order valence-corrected chi connectivity index (χ3v) is 5.76. The van der Waals surface area contributed by atoms with Gasteiger partial charge < -0.3 is 9.63 Å². The maximum Gasteiger partial charge on any atom is 0.269 e. The fraction of sp³-hybridized carbons (Fsp3) is 0.200. The highest BCUT2D eigenvalue weighted by atomic mass is 31.2.